The number of nitrogens with zero attached hydrogens (tertiary/aromatic N) is 5. The number of aromatic amines is 1. The zero-order valence-corrected chi connectivity index (χ0v) is 18.3. The molecule has 2 N–H and O–H groups in total. The zero-order valence-electron chi connectivity index (χ0n) is 18.3. The van der Waals surface area contributed by atoms with Crippen LogP contribution in [0.15, 0.2) is 59.7 Å². The Morgan fingerprint density at radius 1 is 1.11 bits per heavy atom. The van der Waals surface area contributed by atoms with E-state index in [-0.39, 0.29) is 23.4 Å². The Balaban J connectivity index is 1.37. The van der Waals surface area contributed by atoms with Crippen molar-refractivity contribution in [3.63, 3.8) is 0 Å². The molecule has 180 valence electrons. The van der Waals surface area contributed by atoms with E-state index in [0.717, 1.165) is 24.5 Å². The first-order valence-corrected chi connectivity index (χ1v) is 10.9. The van der Waals surface area contributed by atoms with Gasteiger partial charge in [0.25, 0.3) is 5.56 Å². The predicted molar refractivity (Wildman–Crippen MR) is 120 cm³/mol. The summed E-state index contributed by atoms with van der Waals surface area (Å²) in [4.78, 5) is 17.0. The van der Waals surface area contributed by atoms with Gasteiger partial charge in [0.05, 0.1) is 17.4 Å². The fourth-order valence-electron chi connectivity index (χ4n) is 3.51. The molecule has 5 rings (SSSR count). The van der Waals surface area contributed by atoms with Gasteiger partial charge in [-0.15, -0.1) is 10.2 Å². The monoisotopic (exact) mass is 483 g/mol. The van der Waals surface area contributed by atoms with E-state index < -0.39 is 17.3 Å². The van der Waals surface area contributed by atoms with Crippen molar-refractivity contribution >= 4 is 11.5 Å². The van der Waals surface area contributed by atoms with Gasteiger partial charge in [-0.05, 0) is 55.2 Å². The van der Waals surface area contributed by atoms with Gasteiger partial charge in [0.15, 0.2) is 11.6 Å². The van der Waals surface area contributed by atoms with Gasteiger partial charge in [0, 0.05) is 24.5 Å². The molecule has 0 amide bonds. The largest absolute Gasteiger partial charge is 0.490 e. The van der Waals surface area contributed by atoms with Crippen LogP contribution < -0.4 is 15.6 Å². The number of hydrogen-bond acceptors (Lipinski definition) is 7. The molecule has 12 heteroatoms. The second-order valence-corrected chi connectivity index (χ2v) is 8.09. The second kappa shape index (κ2) is 9.20. The molecule has 0 aliphatic heterocycles. The van der Waals surface area contributed by atoms with Crippen molar-refractivity contribution in [2.24, 2.45) is 0 Å². The average Bonchev–Trinajstić information content (AvgIpc) is 3.49. The molecule has 2 aromatic heterocycles. The summed E-state index contributed by atoms with van der Waals surface area (Å²) in [6.07, 6.45) is 1.07. The third-order valence-corrected chi connectivity index (χ3v) is 5.46. The lowest BCUT2D eigenvalue weighted by atomic mass is 10.1. The summed E-state index contributed by atoms with van der Waals surface area (Å²) in [5, 5.41) is 16.3. The van der Waals surface area contributed by atoms with Crippen molar-refractivity contribution < 1.29 is 17.9 Å². The van der Waals surface area contributed by atoms with Gasteiger partial charge < -0.3 is 10.1 Å². The molecule has 0 bridgehead atoms. The maximum atomic E-state index is 13.7. The van der Waals surface area contributed by atoms with Crippen LogP contribution in [0.2, 0.25) is 0 Å². The zero-order chi connectivity index (χ0) is 24.4. The Kier molecular flexibility index (Phi) is 5.93. The van der Waals surface area contributed by atoms with Crippen LogP contribution >= 0.6 is 0 Å². The predicted octanol–water partition coefficient (Wildman–Crippen LogP) is 3.83. The lowest BCUT2D eigenvalue weighted by Crippen LogP contribution is -2.22. The minimum atomic E-state index is -4.64. The lowest BCUT2D eigenvalue weighted by Gasteiger charge is -2.16. The van der Waals surface area contributed by atoms with E-state index in [9.17, 15) is 18.0 Å². The number of aryl methyl sites for hydroxylation is 2. The van der Waals surface area contributed by atoms with Crippen molar-refractivity contribution in [2.45, 2.75) is 38.0 Å². The first-order chi connectivity index (χ1) is 16.9. The highest BCUT2D eigenvalue weighted by Crippen LogP contribution is 2.39. The van der Waals surface area contributed by atoms with E-state index in [0.29, 0.717) is 24.4 Å². The topological polar surface area (TPSA) is 111 Å². The molecule has 2 aromatic carbocycles. The van der Waals surface area contributed by atoms with Crippen molar-refractivity contribution in [3.8, 4) is 11.4 Å². The van der Waals surface area contributed by atoms with Gasteiger partial charge in [0.1, 0.15) is 5.75 Å². The van der Waals surface area contributed by atoms with E-state index in [1.54, 1.807) is 12.1 Å². The van der Waals surface area contributed by atoms with Crippen LogP contribution in [0, 0.1) is 0 Å². The average molecular weight is 483 g/mol. The van der Waals surface area contributed by atoms with Crippen LogP contribution in [0.25, 0.3) is 5.69 Å². The van der Waals surface area contributed by atoms with E-state index in [2.05, 4.69) is 30.9 Å². The van der Waals surface area contributed by atoms with Gasteiger partial charge in [-0.25, -0.2) is 4.98 Å². The van der Waals surface area contributed by atoms with Gasteiger partial charge in [-0.2, -0.15) is 18.4 Å². The smallest absolute Gasteiger partial charge is 0.418 e. The highest BCUT2D eigenvalue weighted by atomic mass is 19.4. The van der Waals surface area contributed by atoms with E-state index in [1.165, 1.54) is 29.1 Å². The molecule has 0 spiro atoms. The van der Waals surface area contributed by atoms with Crippen LogP contribution in [-0.2, 0) is 19.0 Å². The van der Waals surface area contributed by atoms with Crippen molar-refractivity contribution in [2.75, 3.05) is 5.32 Å². The quantitative estimate of drug-likeness (QED) is 0.392. The molecule has 0 unspecified atom stereocenters. The van der Waals surface area contributed by atoms with Crippen LogP contribution in [0.5, 0.6) is 5.75 Å². The lowest BCUT2D eigenvalue weighted by molar-refractivity contribution is -0.137. The third-order valence-electron chi connectivity index (χ3n) is 5.46. The van der Waals surface area contributed by atoms with Crippen molar-refractivity contribution in [1.82, 2.24) is 30.2 Å². The molecule has 4 aromatic rings. The summed E-state index contributed by atoms with van der Waals surface area (Å²) in [6, 6.07) is 10.9. The summed E-state index contributed by atoms with van der Waals surface area (Å²) in [6.45, 7) is 0. The summed E-state index contributed by atoms with van der Waals surface area (Å²) in [5.41, 5.74) is -0.244. The number of ether oxygens (including phenoxy) is 1. The third kappa shape index (κ3) is 5.31. The van der Waals surface area contributed by atoms with Gasteiger partial charge in [-0.3, -0.25) is 9.36 Å². The fourth-order valence-corrected chi connectivity index (χ4v) is 3.51. The molecule has 1 fully saturated rings. The number of benzene rings is 2. The summed E-state index contributed by atoms with van der Waals surface area (Å²) >= 11 is 0. The summed E-state index contributed by atoms with van der Waals surface area (Å²) in [7, 11) is 0. The molecule has 0 saturated heterocycles. The van der Waals surface area contributed by atoms with E-state index in [4.69, 9.17) is 4.74 Å². The molecule has 0 atom stereocenters. The number of aromatic nitrogens is 6. The first-order valence-electron chi connectivity index (χ1n) is 10.9. The Bertz CT molecular complexity index is 1370. The molecule has 9 nitrogen and oxygen atoms in total. The first kappa shape index (κ1) is 22.6. The number of anilines is 2. The van der Waals surface area contributed by atoms with Crippen LogP contribution in [0.1, 0.15) is 29.8 Å². The van der Waals surface area contributed by atoms with Gasteiger partial charge in [0.2, 0.25) is 0 Å². The molecular weight excluding hydrogens is 463 g/mol. The minimum Gasteiger partial charge on any atom is -0.490 e. The minimum absolute atomic E-state index is 0.0386. The van der Waals surface area contributed by atoms with Crippen molar-refractivity contribution in [1.29, 1.82) is 0 Å². The maximum Gasteiger partial charge on any atom is 0.418 e. The molecule has 2 heterocycles. The highest BCUT2D eigenvalue weighted by Gasteiger charge is 2.35. The molecule has 1 aliphatic carbocycles. The maximum absolute atomic E-state index is 13.7. The Morgan fingerprint density at radius 3 is 2.60 bits per heavy atom. The van der Waals surface area contributed by atoms with Crippen LogP contribution in [-0.4, -0.2) is 36.3 Å². The number of hydrogen-bond donors (Lipinski definition) is 2. The van der Waals surface area contributed by atoms with E-state index >= 15 is 0 Å². The van der Waals surface area contributed by atoms with Gasteiger partial charge in [-0.1, -0.05) is 17.3 Å². The number of halogens is 3. The Morgan fingerprint density at radius 2 is 1.91 bits per heavy atom. The molecule has 1 aliphatic rings. The number of alkyl halides is 3. The van der Waals surface area contributed by atoms with Gasteiger partial charge >= 0.3 is 6.18 Å². The second-order valence-electron chi connectivity index (χ2n) is 8.09. The normalized spacial score (nSPS) is 13.6. The Hall–Kier alpha value is -4.22. The standard InChI is InChI=1S/C23H20F3N7O2/c24-23(25,26)18-13-17(35-16-6-7-16)8-9-19(18)28-21-22(34)33(12-11-27-21)15-4-1-14(2-5-15)3-10-20-29-31-32-30-20/h1-2,4-5,8-9,11-13,16H,3,6-7,10H2,(H,27,28)(H,29,30,31,32). The highest BCUT2D eigenvalue weighted by molar-refractivity contribution is 5.63. The molecule has 35 heavy (non-hydrogen) atoms. The number of rotatable bonds is 8. The molecular formula is C23H20F3N7O2. The van der Waals surface area contributed by atoms with Crippen LogP contribution in [0.4, 0.5) is 24.7 Å². The Labute approximate surface area is 197 Å². The molecule has 0 radical (unpaired) electrons. The van der Waals surface area contributed by atoms with Crippen molar-refractivity contribution in [3.05, 3.63) is 82.2 Å². The number of tetrazole rings is 1. The van der Waals surface area contributed by atoms with Crippen LogP contribution in [0.3, 0.4) is 0 Å². The number of nitrogens with one attached hydrogen (secondary N) is 2. The summed E-state index contributed by atoms with van der Waals surface area (Å²) < 4.78 is 47.9. The van der Waals surface area contributed by atoms with E-state index in [1.807, 2.05) is 12.1 Å². The fraction of sp³-hybridized carbons (Fsp3) is 0.261. The summed E-state index contributed by atoms with van der Waals surface area (Å²) in [5.74, 6) is 0.513. The number of H-pyrrole nitrogens is 1. The SMILES string of the molecule is O=c1c(Nc2ccc(OC3CC3)cc2C(F)(F)F)nccn1-c1ccc(CCc2nn[nH]n2)cc1. The molecule has 1 saturated carbocycles.